The smallest absolute Gasteiger partial charge is 0.339 e. The quantitative estimate of drug-likeness (QED) is 0.226. The minimum Gasteiger partial charge on any atom is -0.497 e. The number of halogens is 1. The van der Waals surface area contributed by atoms with Crippen molar-refractivity contribution in [3.63, 3.8) is 0 Å². The molecule has 1 heterocycles. The summed E-state index contributed by atoms with van der Waals surface area (Å²) < 4.78 is 6.17. The fraction of sp³-hybridized carbons (Fsp3) is 0.107. The van der Waals surface area contributed by atoms with E-state index in [-0.39, 0.29) is 22.2 Å². The summed E-state index contributed by atoms with van der Waals surface area (Å²) in [7, 11) is 1.58. The number of amides is 1. The van der Waals surface area contributed by atoms with Gasteiger partial charge >= 0.3 is 5.97 Å². The van der Waals surface area contributed by atoms with Crippen LogP contribution in [0.4, 0.5) is 5.69 Å². The second kappa shape index (κ2) is 11.4. The van der Waals surface area contributed by atoms with Crippen molar-refractivity contribution in [3.8, 4) is 28.1 Å². The van der Waals surface area contributed by atoms with Gasteiger partial charge in [0, 0.05) is 21.3 Å². The van der Waals surface area contributed by atoms with E-state index >= 15 is 0 Å². The van der Waals surface area contributed by atoms with E-state index in [2.05, 4.69) is 26.2 Å². The highest BCUT2D eigenvalue weighted by atomic mass is 79.9. The molecule has 0 unspecified atom stereocenters. The number of benzene rings is 3. The van der Waals surface area contributed by atoms with Gasteiger partial charge in [0.1, 0.15) is 10.8 Å². The van der Waals surface area contributed by atoms with Crippen LogP contribution in [0.15, 0.2) is 88.4 Å². The van der Waals surface area contributed by atoms with E-state index in [9.17, 15) is 14.7 Å². The number of aromatic nitrogens is 1. The molecule has 36 heavy (non-hydrogen) atoms. The fourth-order valence-corrected chi connectivity index (χ4v) is 4.68. The molecular formula is C28H23BrN2O4S. The van der Waals surface area contributed by atoms with E-state index in [0.29, 0.717) is 28.3 Å². The van der Waals surface area contributed by atoms with Gasteiger partial charge in [0.15, 0.2) is 0 Å². The van der Waals surface area contributed by atoms with Crippen molar-refractivity contribution in [3.05, 3.63) is 94.5 Å². The van der Waals surface area contributed by atoms with Crippen LogP contribution in [0, 0.1) is 6.92 Å². The Labute approximate surface area is 221 Å². The molecule has 0 radical (unpaired) electrons. The Balaban J connectivity index is 1.72. The van der Waals surface area contributed by atoms with Gasteiger partial charge in [-0.2, -0.15) is 0 Å². The topological polar surface area (TPSA) is 88.5 Å². The number of anilines is 1. The lowest BCUT2D eigenvalue weighted by atomic mass is 9.98. The Morgan fingerprint density at radius 1 is 0.972 bits per heavy atom. The van der Waals surface area contributed by atoms with Gasteiger partial charge in [0.05, 0.1) is 24.1 Å². The zero-order chi connectivity index (χ0) is 25.7. The van der Waals surface area contributed by atoms with Gasteiger partial charge < -0.3 is 15.2 Å². The molecule has 0 fully saturated rings. The van der Waals surface area contributed by atoms with Crippen LogP contribution in [0.25, 0.3) is 22.4 Å². The van der Waals surface area contributed by atoms with Crippen molar-refractivity contribution in [2.75, 3.05) is 18.2 Å². The van der Waals surface area contributed by atoms with Crippen molar-refractivity contribution < 1.29 is 19.4 Å². The van der Waals surface area contributed by atoms with Crippen molar-refractivity contribution in [1.82, 2.24) is 4.98 Å². The minimum absolute atomic E-state index is 0.00694. The van der Waals surface area contributed by atoms with Gasteiger partial charge in [-0.1, -0.05) is 69.7 Å². The molecule has 0 saturated heterocycles. The number of aromatic carboxylic acids is 1. The van der Waals surface area contributed by atoms with Crippen molar-refractivity contribution in [2.45, 2.75) is 11.9 Å². The van der Waals surface area contributed by atoms with E-state index < -0.39 is 5.97 Å². The summed E-state index contributed by atoms with van der Waals surface area (Å²) in [5, 5.41) is 13.3. The van der Waals surface area contributed by atoms with Gasteiger partial charge in [0.2, 0.25) is 5.91 Å². The molecule has 1 aromatic heterocycles. The average molecular weight is 563 g/mol. The molecule has 0 aliphatic heterocycles. The number of carboxylic acids is 1. The van der Waals surface area contributed by atoms with Gasteiger partial charge in [-0.25, -0.2) is 9.78 Å². The molecule has 0 saturated carbocycles. The van der Waals surface area contributed by atoms with Crippen LogP contribution >= 0.6 is 27.7 Å². The van der Waals surface area contributed by atoms with E-state index in [4.69, 9.17) is 4.74 Å². The lowest BCUT2D eigenvalue weighted by Gasteiger charge is -2.15. The van der Waals surface area contributed by atoms with Gasteiger partial charge in [-0.3, -0.25) is 4.79 Å². The SMILES string of the molecule is COc1ccc(-c2cc(-c3ccc(Br)cc3)nc(SCC(=O)Nc3ccc(C)cc3)c2C(=O)O)cc1. The molecule has 182 valence electrons. The summed E-state index contributed by atoms with van der Waals surface area (Å²) in [6.07, 6.45) is 0. The Kier molecular flexibility index (Phi) is 8.07. The molecule has 6 nitrogen and oxygen atoms in total. The zero-order valence-electron chi connectivity index (χ0n) is 19.6. The number of carboxylic acid groups (broad SMARTS) is 1. The van der Waals surface area contributed by atoms with Crippen LogP contribution in [0.2, 0.25) is 0 Å². The van der Waals surface area contributed by atoms with Gasteiger partial charge in [-0.05, 0) is 55.0 Å². The second-order valence-corrected chi connectivity index (χ2v) is 9.86. The lowest BCUT2D eigenvalue weighted by molar-refractivity contribution is -0.113. The first-order chi connectivity index (χ1) is 17.3. The Morgan fingerprint density at radius 3 is 2.22 bits per heavy atom. The first kappa shape index (κ1) is 25.5. The maximum atomic E-state index is 12.6. The summed E-state index contributed by atoms with van der Waals surface area (Å²) >= 11 is 4.54. The molecule has 8 heteroatoms. The third-order valence-electron chi connectivity index (χ3n) is 5.42. The zero-order valence-corrected chi connectivity index (χ0v) is 22.0. The first-order valence-corrected chi connectivity index (χ1v) is 12.8. The molecule has 0 atom stereocenters. The number of rotatable bonds is 8. The largest absolute Gasteiger partial charge is 0.497 e. The number of nitrogens with one attached hydrogen (secondary N) is 1. The lowest BCUT2D eigenvalue weighted by Crippen LogP contribution is -2.15. The molecule has 4 aromatic rings. The van der Waals surface area contributed by atoms with Crippen LogP contribution in [0.5, 0.6) is 5.75 Å². The van der Waals surface area contributed by atoms with E-state index in [1.807, 2.05) is 67.6 Å². The Bertz CT molecular complexity index is 1390. The number of hydrogen-bond donors (Lipinski definition) is 2. The number of hydrogen-bond acceptors (Lipinski definition) is 5. The highest BCUT2D eigenvalue weighted by molar-refractivity contribution is 9.10. The molecule has 0 aliphatic rings. The molecule has 0 spiro atoms. The molecule has 2 N–H and O–H groups in total. The van der Waals surface area contributed by atoms with Crippen molar-refractivity contribution in [2.24, 2.45) is 0 Å². The van der Waals surface area contributed by atoms with Gasteiger partial charge in [0.25, 0.3) is 0 Å². The molecular weight excluding hydrogens is 540 g/mol. The number of ether oxygens (including phenoxy) is 1. The summed E-state index contributed by atoms with van der Waals surface area (Å²) in [5.74, 6) is -0.688. The highest BCUT2D eigenvalue weighted by Gasteiger charge is 2.22. The van der Waals surface area contributed by atoms with Crippen molar-refractivity contribution >= 4 is 45.3 Å². The first-order valence-electron chi connectivity index (χ1n) is 11.0. The summed E-state index contributed by atoms with van der Waals surface area (Å²) in [6.45, 7) is 1.97. The standard InChI is InChI=1S/C28H23BrN2O4S/c1-17-3-11-21(12-4-17)30-25(32)16-36-27-26(28(33)34)23(18-7-13-22(35-2)14-8-18)15-24(31-27)19-5-9-20(29)10-6-19/h3-15H,16H2,1-2H3,(H,30,32)(H,33,34). The van der Waals surface area contributed by atoms with Crippen LogP contribution in [0.3, 0.4) is 0 Å². The number of carbonyl (C=O) groups excluding carboxylic acids is 1. The second-order valence-electron chi connectivity index (χ2n) is 7.98. The maximum Gasteiger partial charge on any atom is 0.339 e. The highest BCUT2D eigenvalue weighted by Crippen LogP contribution is 2.35. The molecule has 1 amide bonds. The van der Waals surface area contributed by atoms with E-state index in [1.54, 1.807) is 25.3 Å². The van der Waals surface area contributed by atoms with Crippen LogP contribution in [-0.2, 0) is 4.79 Å². The predicted molar refractivity (Wildman–Crippen MR) is 147 cm³/mol. The van der Waals surface area contributed by atoms with Gasteiger partial charge in [-0.15, -0.1) is 0 Å². The van der Waals surface area contributed by atoms with Crippen LogP contribution < -0.4 is 10.1 Å². The number of carbonyl (C=O) groups is 2. The molecule has 0 bridgehead atoms. The summed E-state index contributed by atoms with van der Waals surface area (Å²) in [4.78, 5) is 29.7. The Morgan fingerprint density at radius 2 is 1.61 bits per heavy atom. The number of aryl methyl sites for hydroxylation is 1. The third-order valence-corrected chi connectivity index (χ3v) is 6.92. The number of methoxy groups -OCH3 is 1. The summed E-state index contributed by atoms with van der Waals surface area (Å²) in [6, 6.07) is 24.0. The van der Waals surface area contributed by atoms with Crippen LogP contribution in [0.1, 0.15) is 15.9 Å². The number of nitrogens with zero attached hydrogens (tertiary/aromatic N) is 1. The minimum atomic E-state index is -1.11. The number of thioether (sulfide) groups is 1. The normalized spacial score (nSPS) is 10.6. The average Bonchev–Trinajstić information content (AvgIpc) is 2.88. The monoisotopic (exact) mass is 562 g/mol. The Hall–Kier alpha value is -3.62. The van der Waals surface area contributed by atoms with E-state index in [1.165, 1.54) is 0 Å². The maximum absolute atomic E-state index is 12.6. The fourth-order valence-electron chi connectivity index (χ4n) is 3.57. The number of pyridine rings is 1. The molecule has 3 aromatic carbocycles. The summed E-state index contributed by atoms with van der Waals surface area (Å²) in [5.41, 5.74) is 4.48. The predicted octanol–water partition coefficient (Wildman–Crippen LogP) is 6.92. The van der Waals surface area contributed by atoms with E-state index in [0.717, 1.165) is 27.4 Å². The molecule has 4 rings (SSSR count). The molecule has 0 aliphatic carbocycles. The van der Waals surface area contributed by atoms with Crippen LogP contribution in [-0.4, -0.2) is 34.8 Å². The third kappa shape index (κ3) is 6.13. The van der Waals surface area contributed by atoms with Crippen molar-refractivity contribution in [1.29, 1.82) is 0 Å².